The molecule has 1 aliphatic heterocycles. The van der Waals surface area contributed by atoms with Crippen LogP contribution in [0.15, 0.2) is 0 Å². The van der Waals surface area contributed by atoms with Crippen LogP contribution in [0.4, 0.5) is 5.69 Å². The molecule has 0 radical (unpaired) electrons. The first-order valence-electron chi connectivity index (χ1n) is 7.18. The molecule has 1 aromatic rings. The summed E-state index contributed by atoms with van der Waals surface area (Å²) in [5, 5.41) is 4.27. The number of hydrogen-bond acceptors (Lipinski definition) is 5. The minimum absolute atomic E-state index is 0.171. The Morgan fingerprint density at radius 3 is 2.76 bits per heavy atom. The van der Waals surface area contributed by atoms with E-state index >= 15 is 0 Å². The van der Waals surface area contributed by atoms with Gasteiger partial charge in [-0.2, -0.15) is 5.10 Å². The summed E-state index contributed by atoms with van der Waals surface area (Å²) < 4.78 is 6.30. The average Bonchev–Trinajstić information content (AvgIpc) is 2.80. The highest BCUT2D eigenvalue weighted by atomic mass is 16.5. The molecule has 2 N–H and O–H groups in total. The number of carbonyl (C=O) groups excluding carboxylic acids is 2. The molecule has 0 spiro atoms. The Hall–Kier alpha value is -2.05. The summed E-state index contributed by atoms with van der Waals surface area (Å²) in [6.07, 6.45) is 2.21. The van der Waals surface area contributed by atoms with E-state index in [-0.39, 0.29) is 17.8 Å². The number of rotatable bonds is 3. The molecule has 7 nitrogen and oxygen atoms in total. The maximum absolute atomic E-state index is 12.7. The van der Waals surface area contributed by atoms with Gasteiger partial charge in [0.15, 0.2) is 0 Å². The van der Waals surface area contributed by atoms with Gasteiger partial charge in [-0.1, -0.05) is 6.92 Å². The highest BCUT2D eigenvalue weighted by Gasteiger charge is 2.32. The van der Waals surface area contributed by atoms with Crippen molar-refractivity contribution in [2.45, 2.75) is 26.2 Å². The van der Waals surface area contributed by atoms with Crippen molar-refractivity contribution in [3.05, 3.63) is 11.4 Å². The van der Waals surface area contributed by atoms with Gasteiger partial charge < -0.3 is 15.4 Å². The van der Waals surface area contributed by atoms with Gasteiger partial charge in [0.05, 0.1) is 24.4 Å². The summed E-state index contributed by atoms with van der Waals surface area (Å²) in [5.41, 5.74) is 7.58. The van der Waals surface area contributed by atoms with E-state index in [2.05, 4.69) is 5.10 Å². The third kappa shape index (κ3) is 2.86. The van der Waals surface area contributed by atoms with Crippen LogP contribution in [0.1, 0.15) is 35.9 Å². The van der Waals surface area contributed by atoms with Gasteiger partial charge in [-0.05, 0) is 19.3 Å². The van der Waals surface area contributed by atoms with Crippen LogP contribution in [0.25, 0.3) is 0 Å². The maximum Gasteiger partial charge on any atom is 0.310 e. The van der Waals surface area contributed by atoms with Crippen LogP contribution in [-0.2, 0) is 23.0 Å². The van der Waals surface area contributed by atoms with Crippen LogP contribution >= 0.6 is 0 Å². The van der Waals surface area contributed by atoms with Crippen molar-refractivity contribution in [2.24, 2.45) is 13.0 Å². The number of piperidine rings is 1. The summed E-state index contributed by atoms with van der Waals surface area (Å²) in [4.78, 5) is 26.0. The zero-order chi connectivity index (χ0) is 15.6. The first-order chi connectivity index (χ1) is 9.99. The van der Waals surface area contributed by atoms with E-state index in [0.29, 0.717) is 30.9 Å². The first kappa shape index (κ1) is 15.3. The van der Waals surface area contributed by atoms with Crippen molar-refractivity contribution in [1.82, 2.24) is 14.7 Å². The van der Waals surface area contributed by atoms with Gasteiger partial charge in [0.2, 0.25) is 0 Å². The number of nitrogen functional groups attached to an aromatic ring is 1. The second kappa shape index (κ2) is 6.15. The van der Waals surface area contributed by atoms with E-state index < -0.39 is 0 Å². The number of ether oxygens (including phenoxy) is 1. The number of amides is 1. The van der Waals surface area contributed by atoms with Crippen LogP contribution in [0.3, 0.4) is 0 Å². The van der Waals surface area contributed by atoms with Crippen molar-refractivity contribution in [3.63, 3.8) is 0 Å². The minimum Gasteiger partial charge on any atom is -0.469 e. The van der Waals surface area contributed by atoms with Gasteiger partial charge in [0.1, 0.15) is 5.69 Å². The Balaban J connectivity index is 2.20. The lowest BCUT2D eigenvalue weighted by Crippen LogP contribution is -2.43. The molecule has 2 heterocycles. The molecule has 1 saturated heterocycles. The van der Waals surface area contributed by atoms with E-state index in [1.54, 1.807) is 11.9 Å². The Bertz CT molecular complexity index is 553. The number of likely N-dealkylation sites (tertiary alicyclic amines) is 1. The average molecular weight is 294 g/mol. The quantitative estimate of drug-likeness (QED) is 0.824. The van der Waals surface area contributed by atoms with Crippen LogP contribution in [0.5, 0.6) is 0 Å². The Kier molecular flexibility index (Phi) is 4.50. The summed E-state index contributed by atoms with van der Waals surface area (Å²) in [5.74, 6) is -0.691. The third-order valence-electron chi connectivity index (χ3n) is 3.94. The van der Waals surface area contributed by atoms with E-state index in [0.717, 1.165) is 18.5 Å². The lowest BCUT2D eigenvalue weighted by molar-refractivity contribution is -0.146. The molecule has 0 saturated carbocycles. The second-order valence-electron chi connectivity index (χ2n) is 5.30. The van der Waals surface area contributed by atoms with Gasteiger partial charge >= 0.3 is 5.97 Å². The van der Waals surface area contributed by atoms with Crippen molar-refractivity contribution in [3.8, 4) is 0 Å². The summed E-state index contributed by atoms with van der Waals surface area (Å²) in [6.45, 7) is 2.94. The van der Waals surface area contributed by atoms with Gasteiger partial charge in [-0.15, -0.1) is 0 Å². The summed E-state index contributed by atoms with van der Waals surface area (Å²) in [6, 6.07) is 0. The number of methoxy groups -OCH3 is 1. The van der Waals surface area contributed by atoms with E-state index in [4.69, 9.17) is 10.5 Å². The number of nitrogens with two attached hydrogens (primary N) is 1. The lowest BCUT2D eigenvalue weighted by Gasteiger charge is -2.31. The topological polar surface area (TPSA) is 90.5 Å². The zero-order valence-corrected chi connectivity index (χ0v) is 12.8. The molecule has 21 heavy (non-hydrogen) atoms. The summed E-state index contributed by atoms with van der Waals surface area (Å²) in [7, 11) is 3.08. The Morgan fingerprint density at radius 1 is 1.48 bits per heavy atom. The predicted octanol–water partition coefficient (Wildman–Crippen LogP) is 0.590. The van der Waals surface area contributed by atoms with Crippen LogP contribution in [0, 0.1) is 5.92 Å². The monoisotopic (exact) mass is 294 g/mol. The lowest BCUT2D eigenvalue weighted by atomic mass is 9.98. The molecule has 116 valence electrons. The van der Waals surface area contributed by atoms with Crippen molar-refractivity contribution in [2.75, 3.05) is 25.9 Å². The Morgan fingerprint density at radius 2 is 2.19 bits per heavy atom. The summed E-state index contributed by atoms with van der Waals surface area (Å²) >= 11 is 0. The number of aromatic nitrogens is 2. The molecule has 0 aromatic carbocycles. The van der Waals surface area contributed by atoms with Crippen molar-refractivity contribution < 1.29 is 14.3 Å². The van der Waals surface area contributed by atoms with Crippen LogP contribution < -0.4 is 5.73 Å². The highest BCUT2D eigenvalue weighted by molar-refractivity contribution is 5.98. The number of aryl methyl sites for hydroxylation is 2. The van der Waals surface area contributed by atoms with E-state index in [1.807, 2.05) is 6.92 Å². The minimum atomic E-state index is -0.264. The SMILES string of the molecule is CCc1nn(C)c(C(=O)N2CCCC(C(=O)OC)C2)c1N. The molecule has 0 bridgehead atoms. The number of hydrogen-bond donors (Lipinski definition) is 1. The van der Waals surface area contributed by atoms with Crippen molar-refractivity contribution >= 4 is 17.6 Å². The normalized spacial score (nSPS) is 18.6. The number of esters is 1. The molecule has 1 atom stereocenters. The van der Waals surface area contributed by atoms with Crippen LogP contribution in [0.2, 0.25) is 0 Å². The molecular formula is C14H22N4O3. The van der Waals surface area contributed by atoms with E-state index in [9.17, 15) is 9.59 Å². The number of anilines is 1. The van der Waals surface area contributed by atoms with Crippen LogP contribution in [-0.4, -0.2) is 46.8 Å². The zero-order valence-electron chi connectivity index (χ0n) is 12.8. The smallest absolute Gasteiger partial charge is 0.310 e. The fraction of sp³-hybridized carbons (Fsp3) is 0.643. The van der Waals surface area contributed by atoms with Gasteiger partial charge in [-0.3, -0.25) is 14.3 Å². The number of nitrogens with zero attached hydrogens (tertiary/aromatic N) is 3. The molecule has 7 heteroatoms. The second-order valence-corrected chi connectivity index (χ2v) is 5.30. The van der Waals surface area contributed by atoms with Crippen molar-refractivity contribution in [1.29, 1.82) is 0 Å². The molecule has 0 aliphatic carbocycles. The third-order valence-corrected chi connectivity index (χ3v) is 3.94. The molecule has 1 fully saturated rings. The molecule has 1 unspecified atom stereocenters. The number of carbonyl (C=O) groups is 2. The highest BCUT2D eigenvalue weighted by Crippen LogP contribution is 2.23. The van der Waals surface area contributed by atoms with E-state index in [1.165, 1.54) is 11.8 Å². The molecule has 2 rings (SSSR count). The first-order valence-corrected chi connectivity index (χ1v) is 7.18. The fourth-order valence-corrected chi connectivity index (χ4v) is 2.78. The standard InChI is InChI=1S/C14H22N4O3/c1-4-10-11(15)12(17(2)16-10)13(19)18-7-5-6-9(8-18)14(20)21-3/h9H,4-8,15H2,1-3H3. The Labute approximate surface area is 124 Å². The molecule has 1 amide bonds. The van der Waals surface area contributed by atoms with Gasteiger partial charge in [0.25, 0.3) is 5.91 Å². The van der Waals surface area contributed by atoms with Gasteiger partial charge in [0, 0.05) is 20.1 Å². The van der Waals surface area contributed by atoms with Gasteiger partial charge in [-0.25, -0.2) is 0 Å². The fourth-order valence-electron chi connectivity index (χ4n) is 2.78. The maximum atomic E-state index is 12.7. The molecule has 1 aliphatic rings. The predicted molar refractivity (Wildman–Crippen MR) is 77.6 cm³/mol. The molecular weight excluding hydrogens is 272 g/mol. The molecule has 1 aromatic heterocycles. The largest absolute Gasteiger partial charge is 0.469 e.